The van der Waals surface area contributed by atoms with Gasteiger partial charge in [0.1, 0.15) is 5.69 Å². The van der Waals surface area contributed by atoms with Crippen LogP contribution in [0.15, 0.2) is 30.5 Å². The van der Waals surface area contributed by atoms with Crippen molar-refractivity contribution < 1.29 is 9.90 Å². The average molecular weight is 349 g/mol. The third-order valence-electron chi connectivity index (χ3n) is 4.47. The molecule has 2 N–H and O–H groups in total. The molecule has 0 aliphatic carbocycles. The Hall–Kier alpha value is -2.05. The highest BCUT2D eigenvalue weighted by molar-refractivity contribution is 6.31. The Labute approximate surface area is 146 Å². The van der Waals surface area contributed by atoms with E-state index in [0.717, 1.165) is 31.6 Å². The molecule has 1 aliphatic rings. The van der Waals surface area contributed by atoms with Crippen molar-refractivity contribution in [2.75, 3.05) is 29.9 Å². The monoisotopic (exact) mass is 348 g/mol. The first kappa shape index (κ1) is 16.8. The summed E-state index contributed by atoms with van der Waals surface area (Å²) in [5.41, 5.74) is 2.13. The molecule has 2 aromatic rings. The van der Waals surface area contributed by atoms with Crippen molar-refractivity contribution in [3.05, 3.63) is 41.2 Å². The number of carbonyl (C=O) groups is 1. The summed E-state index contributed by atoms with van der Waals surface area (Å²) in [6.45, 7) is 1.93. The minimum absolute atomic E-state index is 0.219. The van der Waals surface area contributed by atoms with Crippen LogP contribution in [0.5, 0.6) is 0 Å². The molecular weight excluding hydrogens is 328 g/mol. The predicted molar refractivity (Wildman–Crippen MR) is 94.6 cm³/mol. The van der Waals surface area contributed by atoms with E-state index in [1.54, 1.807) is 25.4 Å². The van der Waals surface area contributed by atoms with Gasteiger partial charge in [-0.2, -0.15) is 5.10 Å². The first-order valence-corrected chi connectivity index (χ1v) is 8.41. The molecule has 1 fully saturated rings. The molecule has 0 unspecified atom stereocenters. The quantitative estimate of drug-likeness (QED) is 0.890. The Kier molecular flexibility index (Phi) is 5.06. The predicted octanol–water partition coefficient (Wildman–Crippen LogP) is 2.53. The van der Waals surface area contributed by atoms with E-state index in [1.807, 2.05) is 12.1 Å². The van der Waals surface area contributed by atoms with Gasteiger partial charge in [0.05, 0.1) is 11.4 Å². The average Bonchev–Trinajstić information content (AvgIpc) is 3.01. The second-order valence-electron chi connectivity index (χ2n) is 6.07. The van der Waals surface area contributed by atoms with Gasteiger partial charge in [-0.25, -0.2) is 0 Å². The van der Waals surface area contributed by atoms with Gasteiger partial charge in [0.15, 0.2) is 0 Å². The summed E-state index contributed by atoms with van der Waals surface area (Å²) in [5, 5.41) is 16.8. The number of piperidine rings is 1. The number of halogens is 1. The molecule has 24 heavy (non-hydrogen) atoms. The van der Waals surface area contributed by atoms with Crippen molar-refractivity contribution in [1.82, 2.24) is 9.78 Å². The van der Waals surface area contributed by atoms with Crippen molar-refractivity contribution in [1.29, 1.82) is 0 Å². The Balaban J connectivity index is 1.81. The zero-order valence-electron chi connectivity index (χ0n) is 13.6. The van der Waals surface area contributed by atoms with Crippen LogP contribution in [0.4, 0.5) is 11.4 Å². The lowest BCUT2D eigenvalue weighted by Gasteiger charge is -2.34. The van der Waals surface area contributed by atoms with Gasteiger partial charge in [-0.3, -0.25) is 9.48 Å². The molecule has 1 amide bonds. The lowest BCUT2D eigenvalue weighted by Crippen LogP contribution is -2.35. The van der Waals surface area contributed by atoms with Crippen LogP contribution >= 0.6 is 11.6 Å². The summed E-state index contributed by atoms with van der Waals surface area (Å²) in [7, 11) is 1.73. The number of nitrogens with zero attached hydrogens (tertiary/aromatic N) is 3. The number of carbonyl (C=O) groups excluding carboxylic acids is 1. The maximum Gasteiger partial charge on any atom is 0.273 e. The fraction of sp³-hybridized carbons (Fsp3) is 0.412. The van der Waals surface area contributed by atoms with Crippen LogP contribution in [0.2, 0.25) is 5.02 Å². The van der Waals surface area contributed by atoms with Crippen LogP contribution in [0.25, 0.3) is 0 Å². The van der Waals surface area contributed by atoms with Gasteiger partial charge < -0.3 is 15.3 Å². The lowest BCUT2D eigenvalue weighted by molar-refractivity contribution is 0.101. The maximum absolute atomic E-state index is 12.5. The molecule has 1 aromatic heterocycles. The number of amides is 1. The number of hydrogen-bond acceptors (Lipinski definition) is 4. The van der Waals surface area contributed by atoms with E-state index >= 15 is 0 Å². The maximum atomic E-state index is 12.5. The van der Waals surface area contributed by atoms with E-state index in [-0.39, 0.29) is 12.5 Å². The van der Waals surface area contributed by atoms with Gasteiger partial charge in [-0.05, 0) is 43.0 Å². The Morgan fingerprint density at radius 1 is 1.38 bits per heavy atom. The second-order valence-corrected chi connectivity index (χ2v) is 6.51. The molecule has 0 bridgehead atoms. The van der Waals surface area contributed by atoms with Gasteiger partial charge in [-0.15, -0.1) is 0 Å². The number of anilines is 2. The van der Waals surface area contributed by atoms with E-state index in [4.69, 9.17) is 11.6 Å². The Bertz CT molecular complexity index is 723. The van der Waals surface area contributed by atoms with E-state index < -0.39 is 0 Å². The number of rotatable bonds is 4. The van der Waals surface area contributed by atoms with Crippen LogP contribution in [0.1, 0.15) is 23.3 Å². The molecule has 0 saturated carbocycles. The highest BCUT2D eigenvalue weighted by Gasteiger charge is 2.22. The van der Waals surface area contributed by atoms with Crippen molar-refractivity contribution >= 4 is 28.9 Å². The number of aliphatic hydroxyl groups is 1. The van der Waals surface area contributed by atoms with Gasteiger partial charge in [0.2, 0.25) is 0 Å². The number of benzene rings is 1. The van der Waals surface area contributed by atoms with Crippen molar-refractivity contribution in [3.8, 4) is 0 Å². The highest BCUT2D eigenvalue weighted by Crippen LogP contribution is 2.32. The zero-order chi connectivity index (χ0) is 17.1. The third kappa shape index (κ3) is 3.55. The smallest absolute Gasteiger partial charge is 0.273 e. The number of nitrogens with one attached hydrogen (secondary N) is 1. The number of aliphatic hydroxyl groups excluding tert-OH is 1. The number of aromatic nitrogens is 2. The minimum Gasteiger partial charge on any atom is -0.396 e. The molecule has 128 valence electrons. The topological polar surface area (TPSA) is 70.4 Å². The van der Waals surface area contributed by atoms with Crippen LogP contribution in [-0.2, 0) is 7.05 Å². The number of aryl methyl sites for hydroxylation is 1. The summed E-state index contributed by atoms with van der Waals surface area (Å²) in [4.78, 5) is 14.7. The third-order valence-corrected chi connectivity index (χ3v) is 4.71. The van der Waals surface area contributed by atoms with Crippen molar-refractivity contribution in [2.45, 2.75) is 12.8 Å². The summed E-state index contributed by atoms with van der Waals surface area (Å²) in [6, 6.07) is 7.20. The molecule has 6 nitrogen and oxygen atoms in total. The van der Waals surface area contributed by atoms with E-state index in [0.29, 0.717) is 22.3 Å². The second kappa shape index (κ2) is 7.23. The SMILES string of the molecule is Cn1nccc1C(=O)Nc1cc(Cl)ccc1N1CCC(CO)CC1. The minimum atomic E-state index is -0.219. The molecule has 0 spiro atoms. The van der Waals surface area contributed by atoms with Crippen LogP contribution in [0.3, 0.4) is 0 Å². The van der Waals surface area contributed by atoms with Gasteiger partial charge in [0.25, 0.3) is 5.91 Å². The summed E-state index contributed by atoms with van der Waals surface area (Å²) >= 11 is 6.12. The van der Waals surface area contributed by atoms with Crippen LogP contribution < -0.4 is 10.2 Å². The number of hydrogen-bond donors (Lipinski definition) is 2. The highest BCUT2D eigenvalue weighted by atomic mass is 35.5. The summed E-state index contributed by atoms with van der Waals surface area (Å²) in [5.74, 6) is 0.143. The molecule has 0 atom stereocenters. The molecular formula is C17H21ClN4O2. The van der Waals surface area contributed by atoms with E-state index in [2.05, 4.69) is 15.3 Å². The van der Waals surface area contributed by atoms with E-state index in [1.165, 1.54) is 4.68 Å². The van der Waals surface area contributed by atoms with Crippen LogP contribution in [-0.4, -0.2) is 40.5 Å². The first-order chi connectivity index (χ1) is 11.6. The van der Waals surface area contributed by atoms with Gasteiger partial charge in [0, 0.05) is 38.0 Å². The van der Waals surface area contributed by atoms with Gasteiger partial charge in [-0.1, -0.05) is 11.6 Å². The fourth-order valence-electron chi connectivity index (χ4n) is 3.02. The molecule has 1 saturated heterocycles. The van der Waals surface area contributed by atoms with Gasteiger partial charge >= 0.3 is 0 Å². The normalized spacial score (nSPS) is 15.5. The van der Waals surface area contributed by atoms with Crippen molar-refractivity contribution in [2.24, 2.45) is 13.0 Å². The molecule has 0 radical (unpaired) electrons. The largest absolute Gasteiger partial charge is 0.396 e. The zero-order valence-corrected chi connectivity index (χ0v) is 14.3. The van der Waals surface area contributed by atoms with Crippen molar-refractivity contribution in [3.63, 3.8) is 0 Å². The molecule has 1 aromatic carbocycles. The molecule has 2 heterocycles. The van der Waals surface area contributed by atoms with E-state index in [9.17, 15) is 9.90 Å². The standard InChI is InChI=1S/C17H21ClN4O2/c1-21-16(4-7-19-21)17(24)20-14-10-13(18)2-3-15(14)22-8-5-12(11-23)6-9-22/h2-4,7,10,12,23H,5-6,8-9,11H2,1H3,(H,20,24). The molecule has 1 aliphatic heterocycles. The Morgan fingerprint density at radius 3 is 2.75 bits per heavy atom. The summed E-state index contributed by atoms with van der Waals surface area (Å²) in [6.07, 6.45) is 3.47. The summed E-state index contributed by atoms with van der Waals surface area (Å²) < 4.78 is 1.53. The van der Waals surface area contributed by atoms with Crippen LogP contribution in [0, 0.1) is 5.92 Å². The fourth-order valence-corrected chi connectivity index (χ4v) is 3.20. The lowest BCUT2D eigenvalue weighted by atomic mass is 9.97. The molecule has 7 heteroatoms. The molecule has 3 rings (SSSR count). The Morgan fingerprint density at radius 2 is 2.12 bits per heavy atom. The first-order valence-electron chi connectivity index (χ1n) is 8.03.